The number of hydrogen-bond acceptors (Lipinski definition) is 3. The van der Waals surface area contributed by atoms with E-state index in [0.29, 0.717) is 11.6 Å². The quantitative estimate of drug-likeness (QED) is 0.712. The van der Waals surface area contributed by atoms with Gasteiger partial charge in [-0.1, -0.05) is 48.5 Å². The minimum atomic E-state index is 0.491. The summed E-state index contributed by atoms with van der Waals surface area (Å²) in [5.74, 6) is 1.12. The SMILES string of the molecule is COc1cc(-c2cccc(-c3ccccc3)c2)cnc1OC. The van der Waals surface area contributed by atoms with E-state index in [1.807, 2.05) is 30.3 Å². The highest BCUT2D eigenvalue weighted by Crippen LogP contribution is 2.31. The van der Waals surface area contributed by atoms with Crippen molar-refractivity contribution in [2.45, 2.75) is 0 Å². The van der Waals surface area contributed by atoms with Crippen molar-refractivity contribution in [2.24, 2.45) is 0 Å². The largest absolute Gasteiger partial charge is 0.491 e. The van der Waals surface area contributed by atoms with E-state index in [9.17, 15) is 0 Å². The van der Waals surface area contributed by atoms with Crippen LogP contribution in [0.5, 0.6) is 11.6 Å². The maximum absolute atomic E-state index is 5.33. The lowest BCUT2D eigenvalue weighted by atomic mass is 10.00. The molecule has 0 atom stereocenters. The first-order valence-electron chi connectivity index (χ1n) is 7.05. The summed E-state index contributed by atoms with van der Waals surface area (Å²) in [6.45, 7) is 0. The summed E-state index contributed by atoms with van der Waals surface area (Å²) < 4.78 is 10.5. The fourth-order valence-corrected chi connectivity index (χ4v) is 2.40. The molecule has 0 radical (unpaired) electrons. The summed E-state index contributed by atoms with van der Waals surface area (Å²) in [4.78, 5) is 4.30. The first-order chi connectivity index (χ1) is 10.8. The van der Waals surface area contributed by atoms with Gasteiger partial charge in [0.15, 0.2) is 5.75 Å². The molecule has 0 amide bonds. The van der Waals surface area contributed by atoms with Crippen LogP contribution in [0.1, 0.15) is 0 Å². The highest BCUT2D eigenvalue weighted by Gasteiger charge is 2.08. The van der Waals surface area contributed by atoms with Gasteiger partial charge < -0.3 is 9.47 Å². The van der Waals surface area contributed by atoms with Gasteiger partial charge in [-0.15, -0.1) is 0 Å². The van der Waals surface area contributed by atoms with Crippen LogP contribution in [-0.4, -0.2) is 19.2 Å². The van der Waals surface area contributed by atoms with E-state index in [0.717, 1.165) is 11.1 Å². The van der Waals surface area contributed by atoms with E-state index in [2.05, 4.69) is 35.3 Å². The Morgan fingerprint density at radius 2 is 1.36 bits per heavy atom. The zero-order valence-electron chi connectivity index (χ0n) is 12.6. The topological polar surface area (TPSA) is 31.4 Å². The van der Waals surface area contributed by atoms with Gasteiger partial charge in [-0.05, 0) is 28.8 Å². The van der Waals surface area contributed by atoms with Gasteiger partial charge in [-0.25, -0.2) is 4.98 Å². The summed E-state index contributed by atoms with van der Waals surface area (Å²) in [7, 11) is 3.20. The summed E-state index contributed by atoms with van der Waals surface area (Å²) in [6.07, 6.45) is 1.80. The van der Waals surface area contributed by atoms with Crippen LogP contribution in [0.3, 0.4) is 0 Å². The van der Waals surface area contributed by atoms with Crippen LogP contribution in [0.15, 0.2) is 66.9 Å². The van der Waals surface area contributed by atoms with Gasteiger partial charge in [0, 0.05) is 11.8 Å². The maximum Gasteiger partial charge on any atom is 0.256 e. The average molecular weight is 291 g/mol. The zero-order chi connectivity index (χ0) is 15.4. The van der Waals surface area contributed by atoms with Crippen LogP contribution in [0.2, 0.25) is 0 Å². The van der Waals surface area contributed by atoms with Crippen molar-refractivity contribution in [3.63, 3.8) is 0 Å². The van der Waals surface area contributed by atoms with E-state index in [-0.39, 0.29) is 0 Å². The number of aromatic nitrogens is 1. The minimum absolute atomic E-state index is 0.491. The molecule has 22 heavy (non-hydrogen) atoms. The first kappa shape index (κ1) is 14.1. The highest BCUT2D eigenvalue weighted by molar-refractivity contribution is 5.73. The Hall–Kier alpha value is -2.81. The van der Waals surface area contributed by atoms with Crippen LogP contribution in [0.25, 0.3) is 22.3 Å². The molecule has 1 heterocycles. The second kappa shape index (κ2) is 6.31. The lowest BCUT2D eigenvalue weighted by Gasteiger charge is -2.10. The predicted octanol–water partition coefficient (Wildman–Crippen LogP) is 4.43. The van der Waals surface area contributed by atoms with Crippen LogP contribution >= 0.6 is 0 Å². The molecule has 0 aliphatic rings. The summed E-state index contributed by atoms with van der Waals surface area (Å²) in [5, 5.41) is 0. The third-order valence-corrected chi connectivity index (χ3v) is 3.53. The van der Waals surface area contributed by atoms with Crippen LogP contribution < -0.4 is 9.47 Å². The molecule has 0 spiro atoms. The highest BCUT2D eigenvalue weighted by atomic mass is 16.5. The fourth-order valence-electron chi connectivity index (χ4n) is 2.40. The monoisotopic (exact) mass is 291 g/mol. The molecule has 0 N–H and O–H groups in total. The predicted molar refractivity (Wildman–Crippen MR) is 88.2 cm³/mol. The van der Waals surface area contributed by atoms with Crippen molar-refractivity contribution in [3.05, 3.63) is 66.9 Å². The number of rotatable bonds is 4. The van der Waals surface area contributed by atoms with E-state index >= 15 is 0 Å². The molecule has 0 saturated carbocycles. The number of nitrogens with zero attached hydrogens (tertiary/aromatic N) is 1. The Kier molecular flexibility index (Phi) is 4.05. The standard InChI is InChI=1S/C19H17NO2/c1-21-18-12-17(13-20-19(18)22-2)16-10-6-9-15(11-16)14-7-4-3-5-8-14/h3-13H,1-2H3. The normalized spacial score (nSPS) is 10.3. The van der Waals surface area contributed by atoms with E-state index in [1.165, 1.54) is 11.1 Å². The van der Waals surface area contributed by atoms with Crippen molar-refractivity contribution in [3.8, 4) is 33.9 Å². The molecule has 110 valence electrons. The molecule has 0 saturated heterocycles. The molecule has 0 unspecified atom stereocenters. The molecule has 3 rings (SSSR count). The first-order valence-corrected chi connectivity index (χ1v) is 7.05. The van der Waals surface area contributed by atoms with Crippen molar-refractivity contribution >= 4 is 0 Å². The number of ether oxygens (including phenoxy) is 2. The van der Waals surface area contributed by atoms with Gasteiger partial charge in [0.1, 0.15) is 0 Å². The summed E-state index contributed by atoms with van der Waals surface area (Å²) in [6, 6.07) is 20.6. The second-order valence-corrected chi connectivity index (χ2v) is 4.88. The molecule has 3 nitrogen and oxygen atoms in total. The Morgan fingerprint density at radius 1 is 0.682 bits per heavy atom. The lowest BCUT2D eigenvalue weighted by molar-refractivity contribution is 0.343. The molecule has 0 aliphatic carbocycles. The van der Waals surface area contributed by atoms with E-state index in [1.54, 1.807) is 20.4 Å². The number of pyridine rings is 1. The van der Waals surface area contributed by atoms with Crippen LogP contribution in [0.4, 0.5) is 0 Å². The summed E-state index contributed by atoms with van der Waals surface area (Å²) >= 11 is 0. The van der Waals surface area contributed by atoms with Gasteiger partial charge >= 0.3 is 0 Å². The van der Waals surface area contributed by atoms with Gasteiger partial charge in [-0.2, -0.15) is 0 Å². The lowest BCUT2D eigenvalue weighted by Crippen LogP contribution is -1.94. The molecule has 2 aromatic carbocycles. The van der Waals surface area contributed by atoms with Gasteiger partial charge in [-0.3, -0.25) is 0 Å². The molecule has 1 aromatic heterocycles. The number of benzene rings is 2. The van der Waals surface area contributed by atoms with E-state index < -0.39 is 0 Å². The van der Waals surface area contributed by atoms with E-state index in [4.69, 9.17) is 9.47 Å². The second-order valence-electron chi connectivity index (χ2n) is 4.88. The number of hydrogen-bond donors (Lipinski definition) is 0. The Morgan fingerprint density at radius 3 is 2.05 bits per heavy atom. The average Bonchev–Trinajstić information content (AvgIpc) is 2.62. The molecular weight excluding hydrogens is 274 g/mol. The van der Waals surface area contributed by atoms with Gasteiger partial charge in [0.05, 0.1) is 14.2 Å². The summed E-state index contributed by atoms with van der Waals surface area (Å²) in [5.41, 5.74) is 4.45. The Labute approximate surface area is 130 Å². The van der Waals surface area contributed by atoms with Crippen molar-refractivity contribution in [2.75, 3.05) is 14.2 Å². The Bertz CT molecular complexity index is 769. The fraction of sp³-hybridized carbons (Fsp3) is 0.105. The van der Waals surface area contributed by atoms with Crippen LogP contribution in [0, 0.1) is 0 Å². The van der Waals surface area contributed by atoms with Gasteiger partial charge in [0.2, 0.25) is 0 Å². The number of methoxy groups -OCH3 is 2. The third-order valence-electron chi connectivity index (χ3n) is 3.53. The third kappa shape index (κ3) is 2.79. The molecule has 3 heteroatoms. The van der Waals surface area contributed by atoms with Crippen molar-refractivity contribution in [1.29, 1.82) is 0 Å². The van der Waals surface area contributed by atoms with Crippen LogP contribution in [-0.2, 0) is 0 Å². The molecule has 0 bridgehead atoms. The molecule has 0 aliphatic heterocycles. The smallest absolute Gasteiger partial charge is 0.256 e. The molecule has 0 fully saturated rings. The van der Waals surface area contributed by atoms with Gasteiger partial charge in [0.25, 0.3) is 5.88 Å². The maximum atomic E-state index is 5.33. The Balaban J connectivity index is 2.02. The van der Waals surface area contributed by atoms with Crippen molar-refractivity contribution in [1.82, 2.24) is 4.98 Å². The van der Waals surface area contributed by atoms with Crippen molar-refractivity contribution < 1.29 is 9.47 Å². The zero-order valence-corrected chi connectivity index (χ0v) is 12.6. The molecular formula is C19H17NO2. The molecule has 3 aromatic rings. The minimum Gasteiger partial charge on any atom is -0.491 e.